The van der Waals surface area contributed by atoms with Gasteiger partial charge < -0.3 is 10.4 Å². The van der Waals surface area contributed by atoms with E-state index in [2.05, 4.69) is 5.32 Å². The first-order valence-electron chi connectivity index (χ1n) is 7.16. The number of hydrogen-bond acceptors (Lipinski definition) is 2. The van der Waals surface area contributed by atoms with Crippen LogP contribution in [0.1, 0.15) is 12.0 Å². The van der Waals surface area contributed by atoms with E-state index in [0.717, 1.165) is 12.1 Å². The minimum Gasteiger partial charge on any atom is -0.481 e. The van der Waals surface area contributed by atoms with Gasteiger partial charge in [0.25, 0.3) is 0 Å². The Morgan fingerprint density at radius 1 is 1.04 bits per heavy atom. The van der Waals surface area contributed by atoms with Crippen molar-refractivity contribution in [3.05, 3.63) is 42.0 Å². The van der Waals surface area contributed by atoms with Crippen LogP contribution in [0.5, 0.6) is 0 Å². The highest BCUT2D eigenvalue weighted by Crippen LogP contribution is 2.48. The summed E-state index contributed by atoms with van der Waals surface area (Å²) in [6, 6.07) is 4.09. The lowest BCUT2D eigenvalue weighted by molar-refractivity contribution is -0.146. The molecule has 3 rings (SSSR count). The zero-order valence-corrected chi connectivity index (χ0v) is 11.9. The van der Waals surface area contributed by atoms with E-state index in [-0.39, 0.29) is 17.5 Å². The predicted octanol–water partition coefficient (Wildman–Crippen LogP) is 3.17. The van der Waals surface area contributed by atoms with Gasteiger partial charge in [0.2, 0.25) is 5.91 Å². The van der Waals surface area contributed by atoms with E-state index in [4.69, 9.17) is 0 Å². The molecule has 1 amide bonds. The fraction of sp³-hybridized carbons (Fsp3) is 0.375. The molecule has 0 radical (unpaired) electrons. The van der Waals surface area contributed by atoms with Crippen LogP contribution in [0.25, 0.3) is 0 Å². The van der Waals surface area contributed by atoms with Crippen molar-refractivity contribution in [1.29, 1.82) is 0 Å². The van der Waals surface area contributed by atoms with Gasteiger partial charge in [-0.1, -0.05) is 12.2 Å². The number of rotatable bonds is 3. The average Bonchev–Trinajstić information content (AvgIpc) is 3.07. The maximum atomic E-state index is 12.5. The maximum absolute atomic E-state index is 12.5. The molecule has 0 saturated heterocycles. The van der Waals surface area contributed by atoms with Gasteiger partial charge in [0.05, 0.1) is 17.4 Å². The number of aliphatic carboxylic acids is 1. The summed E-state index contributed by atoms with van der Waals surface area (Å²) in [5.74, 6) is -3.23. The summed E-state index contributed by atoms with van der Waals surface area (Å²) in [4.78, 5) is 23.7. The molecule has 4 nitrogen and oxygen atoms in total. The molecule has 0 aromatic heterocycles. The number of carboxylic acids is 1. The summed E-state index contributed by atoms with van der Waals surface area (Å²) >= 11 is 0. The van der Waals surface area contributed by atoms with Crippen LogP contribution in [0.2, 0.25) is 0 Å². The van der Waals surface area contributed by atoms with Gasteiger partial charge >= 0.3 is 12.1 Å². The number of carbonyl (C=O) groups is 2. The molecule has 4 atom stereocenters. The normalized spacial score (nSPS) is 28.8. The summed E-state index contributed by atoms with van der Waals surface area (Å²) in [5.41, 5.74) is -0.583. The molecule has 0 spiro atoms. The van der Waals surface area contributed by atoms with Crippen LogP contribution in [-0.4, -0.2) is 17.0 Å². The first-order chi connectivity index (χ1) is 10.8. The van der Waals surface area contributed by atoms with E-state index in [0.29, 0.717) is 6.42 Å². The molecule has 23 heavy (non-hydrogen) atoms. The third kappa shape index (κ3) is 2.83. The molecule has 1 saturated carbocycles. The Kier molecular flexibility index (Phi) is 3.66. The largest absolute Gasteiger partial charge is 0.481 e. The van der Waals surface area contributed by atoms with Crippen molar-refractivity contribution in [3.63, 3.8) is 0 Å². The van der Waals surface area contributed by atoms with E-state index < -0.39 is 35.5 Å². The third-order valence-corrected chi connectivity index (χ3v) is 4.53. The van der Waals surface area contributed by atoms with Crippen LogP contribution < -0.4 is 5.32 Å². The quantitative estimate of drug-likeness (QED) is 0.839. The zero-order chi connectivity index (χ0) is 16.8. The molecule has 1 aromatic carbocycles. The molecule has 2 aliphatic rings. The Balaban J connectivity index is 1.74. The second-order valence-electron chi connectivity index (χ2n) is 5.90. The highest BCUT2D eigenvalue weighted by Gasteiger charge is 2.51. The van der Waals surface area contributed by atoms with Gasteiger partial charge in [-0.05, 0) is 42.5 Å². The van der Waals surface area contributed by atoms with E-state index in [1.54, 1.807) is 0 Å². The molecule has 122 valence electrons. The smallest absolute Gasteiger partial charge is 0.416 e. The van der Waals surface area contributed by atoms with Crippen molar-refractivity contribution >= 4 is 17.6 Å². The Bertz CT molecular complexity index is 666. The molecular formula is C16H14F3NO3. The minimum atomic E-state index is -4.44. The van der Waals surface area contributed by atoms with Crippen LogP contribution in [-0.2, 0) is 15.8 Å². The third-order valence-electron chi connectivity index (χ3n) is 4.53. The van der Waals surface area contributed by atoms with Gasteiger partial charge in [-0.2, -0.15) is 13.2 Å². The van der Waals surface area contributed by atoms with E-state index in [9.17, 15) is 27.9 Å². The molecule has 0 aliphatic heterocycles. The fourth-order valence-electron chi connectivity index (χ4n) is 3.48. The number of nitrogens with one attached hydrogen (secondary N) is 1. The van der Waals surface area contributed by atoms with Gasteiger partial charge in [0, 0.05) is 5.69 Å². The van der Waals surface area contributed by atoms with Crippen molar-refractivity contribution in [2.45, 2.75) is 12.6 Å². The van der Waals surface area contributed by atoms with Crippen LogP contribution in [0.4, 0.5) is 18.9 Å². The Morgan fingerprint density at radius 2 is 1.61 bits per heavy atom. The molecular weight excluding hydrogens is 311 g/mol. The van der Waals surface area contributed by atoms with E-state index in [1.165, 1.54) is 12.1 Å². The van der Waals surface area contributed by atoms with Gasteiger partial charge in [0.15, 0.2) is 0 Å². The Morgan fingerprint density at radius 3 is 2.13 bits per heavy atom. The lowest BCUT2D eigenvalue weighted by Crippen LogP contribution is -2.36. The summed E-state index contributed by atoms with van der Waals surface area (Å²) in [7, 11) is 0. The number of fused-ring (bicyclic) bond motifs is 2. The molecule has 1 aromatic rings. The number of alkyl halides is 3. The molecule has 2 N–H and O–H groups in total. The second kappa shape index (κ2) is 5.40. The molecule has 1 fully saturated rings. The van der Waals surface area contributed by atoms with E-state index >= 15 is 0 Å². The lowest BCUT2D eigenvalue weighted by Gasteiger charge is -2.23. The predicted molar refractivity (Wildman–Crippen MR) is 75.4 cm³/mol. The van der Waals surface area contributed by atoms with Crippen LogP contribution >= 0.6 is 0 Å². The fourth-order valence-corrected chi connectivity index (χ4v) is 3.48. The zero-order valence-electron chi connectivity index (χ0n) is 11.9. The van der Waals surface area contributed by atoms with Gasteiger partial charge in [-0.15, -0.1) is 0 Å². The first kappa shape index (κ1) is 15.6. The molecule has 0 heterocycles. The monoisotopic (exact) mass is 325 g/mol. The highest BCUT2D eigenvalue weighted by atomic mass is 19.4. The van der Waals surface area contributed by atoms with Crippen molar-refractivity contribution in [3.8, 4) is 0 Å². The van der Waals surface area contributed by atoms with Crippen LogP contribution in [0.15, 0.2) is 36.4 Å². The average molecular weight is 325 g/mol. The topological polar surface area (TPSA) is 66.4 Å². The van der Waals surface area contributed by atoms with Crippen LogP contribution in [0, 0.1) is 23.7 Å². The number of carboxylic acid groups (broad SMARTS) is 1. The van der Waals surface area contributed by atoms with Crippen molar-refractivity contribution in [2.75, 3.05) is 5.32 Å². The number of amides is 1. The Hall–Kier alpha value is -2.31. The summed E-state index contributed by atoms with van der Waals surface area (Å²) in [6.07, 6.45) is -0.138. The number of halogens is 3. The lowest BCUT2D eigenvalue weighted by atomic mass is 9.82. The first-order valence-corrected chi connectivity index (χ1v) is 7.16. The standard InChI is InChI=1S/C16H14F3NO3/c17-16(18,19)10-3-5-11(6-4-10)20-14(21)12-8-1-2-9(7-8)13(12)15(22)23/h1-6,8-9,12-13H,7H2,(H,20,21)(H,22,23)/t8-,9-,12+,13-/m0/s1. The summed E-state index contributed by atoms with van der Waals surface area (Å²) in [5, 5.41) is 11.8. The van der Waals surface area contributed by atoms with E-state index in [1.807, 2.05) is 12.2 Å². The van der Waals surface area contributed by atoms with Crippen LogP contribution in [0.3, 0.4) is 0 Å². The van der Waals surface area contributed by atoms with Crippen molar-refractivity contribution in [1.82, 2.24) is 0 Å². The SMILES string of the molecule is O=C(O)[C@@H]1[C@H](C(=O)Nc2ccc(C(F)(F)F)cc2)[C@H]2C=C[C@H]1C2. The molecule has 7 heteroatoms. The second-order valence-corrected chi connectivity index (χ2v) is 5.90. The van der Waals surface area contributed by atoms with Gasteiger partial charge in [-0.3, -0.25) is 9.59 Å². The molecule has 2 bridgehead atoms. The van der Waals surface area contributed by atoms with Gasteiger partial charge in [-0.25, -0.2) is 0 Å². The number of carbonyl (C=O) groups excluding carboxylic acids is 1. The summed E-state index contributed by atoms with van der Waals surface area (Å²) < 4.78 is 37.5. The Labute approximate surface area is 130 Å². The van der Waals surface area contributed by atoms with Crippen molar-refractivity contribution in [2.24, 2.45) is 23.7 Å². The number of allylic oxidation sites excluding steroid dienone is 2. The van der Waals surface area contributed by atoms with Gasteiger partial charge in [0.1, 0.15) is 0 Å². The molecule has 2 aliphatic carbocycles. The number of hydrogen-bond donors (Lipinski definition) is 2. The maximum Gasteiger partial charge on any atom is 0.416 e. The minimum absolute atomic E-state index is 0.129. The highest BCUT2D eigenvalue weighted by molar-refractivity contribution is 5.96. The van der Waals surface area contributed by atoms with Crippen molar-refractivity contribution < 1.29 is 27.9 Å². The summed E-state index contributed by atoms with van der Waals surface area (Å²) in [6.45, 7) is 0. The number of benzene rings is 1. The number of anilines is 1. The molecule has 0 unspecified atom stereocenters.